The molecular weight excluding hydrogens is 248 g/mol. The molecule has 0 bridgehead atoms. The van der Waals surface area contributed by atoms with Crippen LogP contribution in [0.15, 0.2) is 18.2 Å². The van der Waals surface area contributed by atoms with Crippen LogP contribution in [0.2, 0.25) is 0 Å². The van der Waals surface area contributed by atoms with Gasteiger partial charge in [-0.2, -0.15) is 0 Å². The number of hydrogen-bond acceptors (Lipinski definition) is 3. The van der Waals surface area contributed by atoms with Gasteiger partial charge in [0.2, 0.25) is 0 Å². The van der Waals surface area contributed by atoms with Crippen LogP contribution in [0.3, 0.4) is 0 Å². The Morgan fingerprint density at radius 3 is 2.30 bits per heavy atom. The molecule has 1 aromatic carbocycles. The van der Waals surface area contributed by atoms with Gasteiger partial charge in [0, 0.05) is 37.9 Å². The van der Waals surface area contributed by atoms with Gasteiger partial charge in [-0.1, -0.05) is 26.8 Å². The van der Waals surface area contributed by atoms with E-state index in [1.54, 1.807) is 0 Å². The summed E-state index contributed by atoms with van der Waals surface area (Å²) in [5.74, 6) is 1.04. The van der Waals surface area contributed by atoms with Crippen LogP contribution in [-0.4, -0.2) is 44.7 Å². The average molecular weight is 276 g/mol. The standard InChI is InChI=1S/C17H28N2O/c1-6-20-16-13-14(7-8-15(16)17(2,3)4)19-11-9-18(5)10-12-19/h7-8,13H,6,9-12H2,1-5H3. The van der Waals surface area contributed by atoms with E-state index in [-0.39, 0.29) is 5.41 Å². The summed E-state index contributed by atoms with van der Waals surface area (Å²) in [6.45, 7) is 13.9. The zero-order valence-electron chi connectivity index (χ0n) is 13.6. The molecule has 1 aliphatic heterocycles. The molecule has 1 aliphatic rings. The first-order valence-corrected chi connectivity index (χ1v) is 7.62. The lowest BCUT2D eigenvalue weighted by Crippen LogP contribution is -2.44. The molecular formula is C17H28N2O. The van der Waals surface area contributed by atoms with Crippen LogP contribution in [0.1, 0.15) is 33.3 Å². The summed E-state index contributed by atoms with van der Waals surface area (Å²) in [4.78, 5) is 4.83. The summed E-state index contributed by atoms with van der Waals surface area (Å²) in [5, 5.41) is 0. The Morgan fingerprint density at radius 2 is 1.75 bits per heavy atom. The van der Waals surface area contributed by atoms with E-state index in [1.165, 1.54) is 11.3 Å². The van der Waals surface area contributed by atoms with Crippen LogP contribution in [0.25, 0.3) is 0 Å². The molecule has 112 valence electrons. The van der Waals surface area contributed by atoms with Crippen molar-refractivity contribution in [2.75, 3.05) is 44.7 Å². The number of hydrogen-bond donors (Lipinski definition) is 0. The topological polar surface area (TPSA) is 15.7 Å². The molecule has 1 heterocycles. The maximum Gasteiger partial charge on any atom is 0.125 e. The average Bonchev–Trinajstić information content (AvgIpc) is 2.38. The monoisotopic (exact) mass is 276 g/mol. The Bertz CT molecular complexity index is 443. The van der Waals surface area contributed by atoms with E-state index < -0.39 is 0 Å². The molecule has 1 aromatic rings. The predicted octanol–water partition coefficient (Wildman–Crippen LogP) is 3.13. The molecule has 1 fully saturated rings. The largest absolute Gasteiger partial charge is 0.493 e. The molecule has 0 N–H and O–H groups in total. The van der Waals surface area contributed by atoms with Crippen molar-refractivity contribution in [3.63, 3.8) is 0 Å². The maximum atomic E-state index is 5.88. The van der Waals surface area contributed by atoms with Crippen molar-refractivity contribution in [2.24, 2.45) is 0 Å². The van der Waals surface area contributed by atoms with Gasteiger partial charge in [0.25, 0.3) is 0 Å². The van der Waals surface area contributed by atoms with Crippen molar-refractivity contribution >= 4 is 5.69 Å². The molecule has 3 nitrogen and oxygen atoms in total. The van der Waals surface area contributed by atoms with E-state index in [0.29, 0.717) is 0 Å². The summed E-state index contributed by atoms with van der Waals surface area (Å²) in [5.41, 5.74) is 2.69. The second kappa shape index (κ2) is 6.04. The molecule has 1 saturated heterocycles. The predicted molar refractivity (Wildman–Crippen MR) is 86.0 cm³/mol. The Labute approximate surface area is 123 Å². The summed E-state index contributed by atoms with van der Waals surface area (Å²) >= 11 is 0. The SMILES string of the molecule is CCOc1cc(N2CCN(C)CC2)ccc1C(C)(C)C. The van der Waals surface area contributed by atoms with Crippen molar-refractivity contribution in [3.8, 4) is 5.75 Å². The van der Waals surface area contributed by atoms with Gasteiger partial charge in [-0.05, 0) is 31.0 Å². The second-order valence-corrected chi connectivity index (χ2v) is 6.65. The number of anilines is 1. The van der Waals surface area contributed by atoms with Crippen LogP contribution >= 0.6 is 0 Å². The van der Waals surface area contributed by atoms with Crippen molar-refractivity contribution < 1.29 is 4.74 Å². The van der Waals surface area contributed by atoms with Gasteiger partial charge in [-0.15, -0.1) is 0 Å². The van der Waals surface area contributed by atoms with Gasteiger partial charge in [-0.3, -0.25) is 0 Å². The normalized spacial score (nSPS) is 17.4. The van der Waals surface area contributed by atoms with E-state index in [9.17, 15) is 0 Å². The molecule has 0 saturated carbocycles. The molecule has 0 aromatic heterocycles. The molecule has 3 heteroatoms. The Balaban J connectivity index is 2.25. The van der Waals surface area contributed by atoms with Gasteiger partial charge in [-0.25, -0.2) is 0 Å². The third-order valence-electron chi connectivity index (χ3n) is 3.94. The van der Waals surface area contributed by atoms with E-state index in [4.69, 9.17) is 4.74 Å². The molecule has 0 spiro atoms. The van der Waals surface area contributed by atoms with E-state index in [0.717, 1.165) is 38.5 Å². The van der Waals surface area contributed by atoms with Crippen LogP contribution in [-0.2, 0) is 5.41 Å². The van der Waals surface area contributed by atoms with Crippen LogP contribution in [0.5, 0.6) is 5.75 Å². The first-order valence-electron chi connectivity index (χ1n) is 7.62. The smallest absolute Gasteiger partial charge is 0.125 e. The molecule has 0 aliphatic carbocycles. The highest BCUT2D eigenvalue weighted by atomic mass is 16.5. The fourth-order valence-corrected chi connectivity index (χ4v) is 2.67. The minimum Gasteiger partial charge on any atom is -0.493 e. The Morgan fingerprint density at radius 1 is 1.10 bits per heavy atom. The number of likely N-dealkylation sites (N-methyl/N-ethyl adjacent to an activating group) is 1. The zero-order chi connectivity index (χ0) is 14.8. The van der Waals surface area contributed by atoms with E-state index in [2.05, 4.69) is 62.7 Å². The third kappa shape index (κ3) is 3.45. The molecule has 20 heavy (non-hydrogen) atoms. The number of rotatable bonds is 3. The van der Waals surface area contributed by atoms with Gasteiger partial charge >= 0.3 is 0 Å². The van der Waals surface area contributed by atoms with Crippen molar-refractivity contribution in [2.45, 2.75) is 33.1 Å². The maximum absolute atomic E-state index is 5.88. The van der Waals surface area contributed by atoms with Gasteiger partial charge < -0.3 is 14.5 Å². The van der Waals surface area contributed by atoms with Crippen molar-refractivity contribution in [1.29, 1.82) is 0 Å². The Hall–Kier alpha value is -1.22. The molecule has 0 unspecified atom stereocenters. The second-order valence-electron chi connectivity index (χ2n) is 6.65. The summed E-state index contributed by atoms with van der Waals surface area (Å²) in [7, 11) is 2.19. The van der Waals surface area contributed by atoms with E-state index >= 15 is 0 Å². The molecule has 0 atom stereocenters. The first kappa shape index (κ1) is 15.2. The van der Waals surface area contributed by atoms with Crippen LogP contribution < -0.4 is 9.64 Å². The van der Waals surface area contributed by atoms with Crippen molar-refractivity contribution in [1.82, 2.24) is 4.90 Å². The lowest BCUT2D eigenvalue weighted by atomic mass is 9.86. The third-order valence-corrected chi connectivity index (χ3v) is 3.94. The lowest BCUT2D eigenvalue weighted by Gasteiger charge is -2.34. The first-order chi connectivity index (χ1) is 9.41. The number of ether oxygens (including phenoxy) is 1. The number of nitrogens with zero attached hydrogens (tertiary/aromatic N) is 2. The van der Waals surface area contributed by atoms with Crippen LogP contribution in [0, 0.1) is 0 Å². The van der Waals surface area contributed by atoms with Gasteiger partial charge in [0.1, 0.15) is 5.75 Å². The fourth-order valence-electron chi connectivity index (χ4n) is 2.67. The zero-order valence-corrected chi connectivity index (χ0v) is 13.6. The highest BCUT2D eigenvalue weighted by Crippen LogP contribution is 2.34. The summed E-state index contributed by atoms with van der Waals surface area (Å²) in [6, 6.07) is 6.70. The quantitative estimate of drug-likeness (QED) is 0.843. The molecule has 0 radical (unpaired) electrons. The van der Waals surface area contributed by atoms with Crippen molar-refractivity contribution in [3.05, 3.63) is 23.8 Å². The minimum absolute atomic E-state index is 0.116. The Kier molecular flexibility index (Phi) is 4.59. The highest BCUT2D eigenvalue weighted by molar-refractivity contribution is 5.55. The van der Waals surface area contributed by atoms with Crippen LogP contribution in [0.4, 0.5) is 5.69 Å². The number of piperazine rings is 1. The van der Waals surface area contributed by atoms with E-state index in [1.807, 2.05) is 0 Å². The fraction of sp³-hybridized carbons (Fsp3) is 0.647. The van der Waals surface area contributed by atoms with Gasteiger partial charge in [0.05, 0.1) is 6.61 Å². The highest BCUT2D eigenvalue weighted by Gasteiger charge is 2.21. The minimum atomic E-state index is 0.116. The lowest BCUT2D eigenvalue weighted by molar-refractivity contribution is 0.311. The number of benzene rings is 1. The summed E-state index contributed by atoms with van der Waals surface area (Å²) in [6.07, 6.45) is 0. The summed E-state index contributed by atoms with van der Waals surface area (Å²) < 4.78 is 5.88. The molecule has 2 rings (SSSR count). The molecule has 0 amide bonds. The van der Waals surface area contributed by atoms with Gasteiger partial charge in [0.15, 0.2) is 0 Å².